The molecule has 1 aromatic rings. The van der Waals surface area contributed by atoms with Crippen molar-refractivity contribution in [1.29, 1.82) is 0 Å². The molecule has 0 saturated carbocycles. The number of amides is 1. The lowest BCUT2D eigenvalue weighted by Gasteiger charge is -2.34. The van der Waals surface area contributed by atoms with Gasteiger partial charge in [0.05, 0.1) is 19.3 Å². The standard InChI is InChI=1S/C12H13BrClNO2/c13-7-11-8-17-6-5-15(11)12(16)9-1-3-10(14)4-2-9/h1-4,11H,5-8H2. The van der Waals surface area contributed by atoms with Gasteiger partial charge in [-0.3, -0.25) is 4.79 Å². The average Bonchev–Trinajstić information content (AvgIpc) is 2.39. The van der Waals surface area contributed by atoms with Crippen molar-refractivity contribution in [3.8, 4) is 0 Å². The summed E-state index contributed by atoms with van der Waals surface area (Å²) in [6.45, 7) is 1.82. The Hall–Kier alpha value is -0.580. The first-order valence-corrected chi connectivity index (χ1v) is 6.92. The molecule has 1 fully saturated rings. The lowest BCUT2D eigenvalue weighted by atomic mass is 10.1. The van der Waals surface area contributed by atoms with Crippen LogP contribution in [0.25, 0.3) is 0 Å². The Bertz CT molecular complexity index is 396. The predicted molar refractivity (Wildman–Crippen MR) is 70.9 cm³/mol. The fourth-order valence-corrected chi connectivity index (χ4v) is 2.47. The largest absolute Gasteiger partial charge is 0.377 e. The molecule has 0 radical (unpaired) electrons. The molecule has 3 nitrogen and oxygen atoms in total. The topological polar surface area (TPSA) is 29.5 Å². The van der Waals surface area contributed by atoms with Crippen LogP contribution in [-0.4, -0.2) is 41.9 Å². The highest BCUT2D eigenvalue weighted by Crippen LogP contribution is 2.16. The minimum absolute atomic E-state index is 0.0365. The van der Waals surface area contributed by atoms with Crippen LogP contribution in [0.3, 0.4) is 0 Å². The second-order valence-electron chi connectivity index (χ2n) is 3.89. The van der Waals surface area contributed by atoms with Crippen LogP contribution >= 0.6 is 27.5 Å². The van der Waals surface area contributed by atoms with Crippen LogP contribution in [0.2, 0.25) is 5.02 Å². The van der Waals surface area contributed by atoms with Crippen molar-refractivity contribution in [3.05, 3.63) is 34.9 Å². The highest BCUT2D eigenvalue weighted by atomic mass is 79.9. The number of hydrogen-bond acceptors (Lipinski definition) is 2. The zero-order chi connectivity index (χ0) is 12.3. The number of rotatable bonds is 2. The SMILES string of the molecule is O=C(c1ccc(Cl)cc1)N1CCOCC1CBr. The molecule has 1 amide bonds. The van der Waals surface area contributed by atoms with E-state index >= 15 is 0 Å². The van der Waals surface area contributed by atoms with Crippen molar-refractivity contribution in [2.45, 2.75) is 6.04 Å². The first-order valence-electron chi connectivity index (χ1n) is 5.42. The molecule has 1 atom stereocenters. The molecule has 0 spiro atoms. The maximum Gasteiger partial charge on any atom is 0.254 e. The number of benzene rings is 1. The summed E-state index contributed by atoms with van der Waals surface area (Å²) in [7, 11) is 0. The van der Waals surface area contributed by atoms with E-state index in [1.54, 1.807) is 24.3 Å². The monoisotopic (exact) mass is 317 g/mol. The first-order chi connectivity index (χ1) is 8.22. The van der Waals surface area contributed by atoms with Crippen molar-refractivity contribution < 1.29 is 9.53 Å². The molecule has 5 heteroatoms. The minimum atomic E-state index is 0.0365. The lowest BCUT2D eigenvalue weighted by molar-refractivity contribution is 0.00525. The lowest BCUT2D eigenvalue weighted by Crippen LogP contribution is -2.49. The summed E-state index contributed by atoms with van der Waals surface area (Å²) in [5.74, 6) is 0.0365. The summed E-state index contributed by atoms with van der Waals surface area (Å²) in [4.78, 5) is 14.1. The maximum absolute atomic E-state index is 12.3. The Morgan fingerprint density at radius 2 is 2.18 bits per heavy atom. The van der Waals surface area contributed by atoms with Gasteiger partial charge >= 0.3 is 0 Å². The van der Waals surface area contributed by atoms with Gasteiger partial charge in [-0.15, -0.1) is 0 Å². The number of halogens is 2. The number of nitrogens with zero attached hydrogens (tertiary/aromatic N) is 1. The van der Waals surface area contributed by atoms with Gasteiger partial charge in [-0.2, -0.15) is 0 Å². The minimum Gasteiger partial charge on any atom is -0.377 e. The van der Waals surface area contributed by atoms with Gasteiger partial charge in [-0.05, 0) is 24.3 Å². The number of hydrogen-bond donors (Lipinski definition) is 0. The summed E-state index contributed by atoms with van der Waals surface area (Å²) in [5, 5.41) is 1.37. The Balaban J connectivity index is 2.15. The van der Waals surface area contributed by atoms with E-state index in [9.17, 15) is 4.79 Å². The van der Waals surface area contributed by atoms with Crippen LogP contribution in [0.1, 0.15) is 10.4 Å². The molecule has 0 bridgehead atoms. The number of carbonyl (C=O) groups is 1. The Labute approximate surface area is 114 Å². The van der Waals surface area contributed by atoms with E-state index in [-0.39, 0.29) is 11.9 Å². The summed E-state index contributed by atoms with van der Waals surface area (Å²) in [5.41, 5.74) is 0.669. The van der Waals surface area contributed by atoms with Gasteiger partial charge in [0.1, 0.15) is 0 Å². The van der Waals surface area contributed by atoms with Crippen molar-refractivity contribution in [1.82, 2.24) is 4.90 Å². The fraction of sp³-hybridized carbons (Fsp3) is 0.417. The second kappa shape index (κ2) is 5.85. The van der Waals surface area contributed by atoms with Crippen LogP contribution < -0.4 is 0 Å². The van der Waals surface area contributed by atoms with Crippen molar-refractivity contribution >= 4 is 33.4 Å². The van der Waals surface area contributed by atoms with Crippen LogP contribution in [-0.2, 0) is 4.74 Å². The number of alkyl halides is 1. The van der Waals surface area contributed by atoms with Crippen molar-refractivity contribution in [2.75, 3.05) is 25.1 Å². The summed E-state index contributed by atoms with van der Waals surface area (Å²) >= 11 is 9.21. The summed E-state index contributed by atoms with van der Waals surface area (Å²) in [6.07, 6.45) is 0. The van der Waals surface area contributed by atoms with E-state index < -0.39 is 0 Å². The fourth-order valence-electron chi connectivity index (χ4n) is 1.81. The molecule has 1 aliphatic heterocycles. The van der Waals surface area contributed by atoms with Gasteiger partial charge in [0.2, 0.25) is 0 Å². The molecule has 0 aliphatic carbocycles. The number of carbonyl (C=O) groups excluding carboxylic acids is 1. The maximum atomic E-state index is 12.3. The van der Waals surface area contributed by atoms with Crippen LogP contribution in [0.15, 0.2) is 24.3 Å². The third-order valence-corrected chi connectivity index (χ3v) is 3.76. The smallest absolute Gasteiger partial charge is 0.254 e. The molecule has 1 unspecified atom stereocenters. The highest BCUT2D eigenvalue weighted by Gasteiger charge is 2.27. The molecule has 1 aliphatic rings. The molecule has 0 aromatic heterocycles. The van der Waals surface area contributed by atoms with E-state index in [1.165, 1.54) is 0 Å². The second-order valence-corrected chi connectivity index (χ2v) is 4.97. The van der Waals surface area contributed by atoms with Gasteiger partial charge in [0, 0.05) is 22.5 Å². The zero-order valence-corrected chi connectivity index (χ0v) is 11.6. The molecular weight excluding hydrogens is 305 g/mol. The van der Waals surface area contributed by atoms with E-state index in [0.717, 1.165) is 5.33 Å². The first kappa shape index (κ1) is 12.9. The third-order valence-electron chi connectivity index (χ3n) is 2.76. The number of morpholine rings is 1. The predicted octanol–water partition coefficient (Wildman–Crippen LogP) is 2.58. The molecule has 92 valence electrons. The van der Waals surface area contributed by atoms with Crippen molar-refractivity contribution in [2.24, 2.45) is 0 Å². The molecule has 17 heavy (non-hydrogen) atoms. The summed E-state index contributed by atoms with van der Waals surface area (Å²) < 4.78 is 5.36. The highest BCUT2D eigenvalue weighted by molar-refractivity contribution is 9.09. The summed E-state index contributed by atoms with van der Waals surface area (Å²) in [6, 6.07) is 7.08. The quantitative estimate of drug-likeness (QED) is 0.784. The van der Waals surface area contributed by atoms with Crippen LogP contribution in [0, 0.1) is 0 Å². The number of ether oxygens (including phenoxy) is 1. The van der Waals surface area contributed by atoms with Crippen LogP contribution in [0.5, 0.6) is 0 Å². The van der Waals surface area contributed by atoms with Gasteiger partial charge in [-0.1, -0.05) is 27.5 Å². The molecule has 2 rings (SSSR count). The van der Waals surface area contributed by atoms with Gasteiger partial charge < -0.3 is 9.64 Å². The normalized spacial score (nSPS) is 20.4. The Morgan fingerprint density at radius 3 is 2.82 bits per heavy atom. The molecular formula is C12H13BrClNO2. The molecule has 1 heterocycles. The zero-order valence-electron chi connectivity index (χ0n) is 9.23. The molecule has 1 saturated heterocycles. The Kier molecular flexibility index (Phi) is 4.42. The van der Waals surface area contributed by atoms with Gasteiger partial charge in [0.25, 0.3) is 5.91 Å². The van der Waals surface area contributed by atoms with E-state index in [2.05, 4.69) is 15.9 Å². The van der Waals surface area contributed by atoms with Crippen molar-refractivity contribution in [3.63, 3.8) is 0 Å². The third kappa shape index (κ3) is 3.00. The van der Waals surface area contributed by atoms with E-state index in [1.807, 2.05) is 4.90 Å². The van der Waals surface area contributed by atoms with Gasteiger partial charge in [-0.25, -0.2) is 0 Å². The van der Waals surface area contributed by atoms with Gasteiger partial charge in [0.15, 0.2) is 0 Å². The van der Waals surface area contributed by atoms with Crippen LogP contribution in [0.4, 0.5) is 0 Å². The Morgan fingerprint density at radius 1 is 1.47 bits per heavy atom. The van der Waals surface area contributed by atoms with E-state index in [4.69, 9.17) is 16.3 Å². The average molecular weight is 319 g/mol. The van der Waals surface area contributed by atoms with E-state index in [0.29, 0.717) is 30.3 Å². The molecule has 0 N–H and O–H groups in total. The molecule has 1 aromatic carbocycles.